The molecule has 0 atom stereocenters. The Labute approximate surface area is 78.6 Å². The van der Waals surface area contributed by atoms with Crippen LogP contribution in [0.15, 0.2) is 24.3 Å². The molecule has 13 heavy (non-hydrogen) atoms. The standard InChI is InChI=1S/C10H16N2O/c11-6-7-12-10-3-1-9(2-4-10)5-8-13/h1-4,12-13H,5-8,11H2. The lowest BCUT2D eigenvalue weighted by molar-refractivity contribution is 0.299. The van der Waals surface area contributed by atoms with Crippen LogP contribution in [0.2, 0.25) is 0 Å². The van der Waals surface area contributed by atoms with Gasteiger partial charge in [-0.15, -0.1) is 0 Å². The molecule has 0 aliphatic heterocycles. The van der Waals surface area contributed by atoms with E-state index in [-0.39, 0.29) is 6.61 Å². The smallest absolute Gasteiger partial charge is 0.0471 e. The number of aliphatic hydroxyl groups is 1. The Hall–Kier alpha value is -1.06. The van der Waals surface area contributed by atoms with Gasteiger partial charge in [0.25, 0.3) is 0 Å². The summed E-state index contributed by atoms with van der Waals surface area (Å²) in [5.74, 6) is 0. The molecule has 1 aromatic carbocycles. The highest BCUT2D eigenvalue weighted by molar-refractivity contribution is 5.44. The van der Waals surface area contributed by atoms with Crippen molar-refractivity contribution in [3.8, 4) is 0 Å². The van der Waals surface area contributed by atoms with Gasteiger partial charge in [-0.1, -0.05) is 12.1 Å². The molecule has 1 aromatic rings. The van der Waals surface area contributed by atoms with Gasteiger partial charge in [0.1, 0.15) is 0 Å². The molecule has 0 amide bonds. The average Bonchev–Trinajstić information content (AvgIpc) is 2.17. The van der Waals surface area contributed by atoms with Crippen molar-refractivity contribution in [2.75, 3.05) is 25.0 Å². The number of rotatable bonds is 5. The van der Waals surface area contributed by atoms with Crippen LogP contribution in [0, 0.1) is 0 Å². The largest absolute Gasteiger partial charge is 0.396 e. The predicted octanol–water partition coefficient (Wildman–Crippen LogP) is 0.592. The molecular formula is C10H16N2O. The second-order valence-corrected chi connectivity index (χ2v) is 2.89. The quantitative estimate of drug-likeness (QED) is 0.621. The molecule has 4 N–H and O–H groups in total. The normalized spacial score (nSPS) is 10.0. The number of nitrogens with one attached hydrogen (secondary N) is 1. The Morgan fingerprint density at radius 2 is 1.92 bits per heavy atom. The highest BCUT2D eigenvalue weighted by Gasteiger charge is 1.92. The van der Waals surface area contributed by atoms with Crippen LogP contribution in [0.4, 0.5) is 5.69 Å². The molecule has 72 valence electrons. The lowest BCUT2D eigenvalue weighted by Gasteiger charge is -2.05. The zero-order valence-corrected chi connectivity index (χ0v) is 7.66. The monoisotopic (exact) mass is 180 g/mol. The van der Waals surface area contributed by atoms with Crippen molar-refractivity contribution in [3.63, 3.8) is 0 Å². The molecule has 3 heteroatoms. The molecule has 0 aliphatic rings. The second kappa shape index (κ2) is 5.56. The van der Waals surface area contributed by atoms with Gasteiger partial charge in [-0.2, -0.15) is 0 Å². The molecule has 0 fully saturated rings. The third-order valence-corrected chi connectivity index (χ3v) is 1.83. The minimum atomic E-state index is 0.204. The fourth-order valence-electron chi connectivity index (χ4n) is 1.13. The van der Waals surface area contributed by atoms with Gasteiger partial charge < -0.3 is 16.2 Å². The zero-order valence-electron chi connectivity index (χ0n) is 7.66. The average molecular weight is 180 g/mol. The Morgan fingerprint density at radius 3 is 2.46 bits per heavy atom. The van der Waals surface area contributed by atoms with Crippen molar-refractivity contribution >= 4 is 5.69 Å². The third kappa shape index (κ3) is 3.44. The first-order valence-corrected chi connectivity index (χ1v) is 4.50. The van der Waals surface area contributed by atoms with Gasteiger partial charge in [0.2, 0.25) is 0 Å². The molecule has 3 nitrogen and oxygen atoms in total. The number of hydrogen-bond acceptors (Lipinski definition) is 3. The molecule has 0 radical (unpaired) electrons. The van der Waals surface area contributed by atoms with E-state index in [4.69, 9.17) is 10.8 Å². The van der Waals surface area contributed by atoms with E-state index >= 15 is 0 Å². The van der Waals surface area contributed by atoms with Crippen molar-refractivity contribution in [2.45, 2.75) is 6.42 Å². The first kappa shape index (κ1) is 10.0. The van der Waals surface area contributed by atoms with Gasteiger partial charge in [-0.25, -0.2) is 0 Å². The molecule has 1 rings (SSSR count). The Kier molecular flexibility index (Phi) is 4.29. The summed E-state index contributed by atoms with van der Waals surface area (Å²) in [7, 11) is 0. The molecule has 0 heterocycles. The zero-order chi connectivity index (χ0) is 9.52. The van der Waals surface area contributed by atoms with E-state index in [0.717, 1.165) is 24.2 Å². The van der Waals surface area contributed by atoms with Crippen molar-refractivity contribution in [3.05, 3.63) is 29.8 Å². The third-order valence-electron chi connectivity index (χ3n) is 1.83. The maximum atomic E-state index is 8.70. The van der Waals surface area contributed by atoms with Gasteiger partial charge in [-0.05, 0) is 24.1 Å². The van der Waals surface area contributed by atoms with Gasteiger partial charge in [0.05, 0.1) is 0 Å². The lowest BCUT2D eigenvalue weighted by atomic mass is 10.1. The summed E-state index contributed by atoms with van der Waals surface area (Å²) in [4.78, 5) is 0. The minimum absolute atomic E-state index is 0.204. The van der Waals surface area contributed by atoms with Crippen LogP contribution in [0.25, 0.3) is 0 Å². The summed E-state index contributed by atoms with van der Waals surface area (Å²) in [6.45, 7) is 1.63. The fraction of sp³-hybridized carbons (Fsp3) is 0.400. The Bertz CT molecular complexity index is 233. The molecular weight excluding hydrogens is 164 g/mol. The number of hydrogen-bond donors (Lipinski definition) is 3. The molecule has 0 bridgehead atoms. The van der Waals surface area contributed by atoms with Crippen molar-refractivity contribution in [2.24, 2.45) is 5.73 Å². The van der Waals surface area contributed by atoms with Crippen molar-refractivity contribution in [1.82, 2.24) is 0 Å². The maximum Gasteiger partial charge on any atom is 0.0471 e. The predicted molar refractivity (Wildman–Crippen MR) is 54.8 cm³/mol. The van der Waals surface area contributed by atoms with Crippen LogP contribution in [0.1, 0.15) is 5.56 Å². The van der Waals surface area contributed by atoms with E-state index in [0.29, 0.717) is 6.54 Å². The van der Waals surface area contributed by atoms with Crippen LogP contribution in [0.5, 0.6) is 0 Å². The Balaban J connectivity index is 2.48. The molecule has 0 aromatic heterocycles. The minimum Gasteiger partial charge on any atom is -0.396 e. The van der Waals surface area contributed by atoms with Crippen LogP contribution < -0.4 is 11.1 Å². The molecule has 0 saturated carbocycles. The van der Waals surface area contributed by atoms with E-state index in [1.807, 2.05) is 24.3 Å². The van der Waals surface area contributed by atoms with Gasteiger partial charge in [-0.3, -0.25) is 0 Å². The number of aliphatic hydroxyl groups excluding tert-OH is 1. The molecule has 0 unspecified atom stereocenters. The summed E-state index contributed by atoms with van der Waals surface area (Å²) < 4.78 is 0. The SMILES string of the molecule is NCCNc1ccc(CCO)cc1. The summed E-state index contributed by atoms with van der Waals surface area (Å²) in [6, 6.07) is 8.02. The molecule has 0 aliphatic carbocycles. The van der Waals surface area contributed by atoms with Crippen molar-refractivity contribution < 1.29 is 5.11 Å². The van der Waals surface area contributed by atoms with Crippen molar-refractivity contribution in [1.29, 1.82) is 0 Å². The van der Waals surface area contributed by atoms with E-state index in [1.165, 1.54) is 0 Å². The highest BCUT2D eigenvalue weighted by atomic mass is 16.2. The van der Waals surface area contributed by atoms with E-state index < -0.39 is 0 Å². The van der Waals surface area contributed by atoms with E-state index in [9.17, 15) is 0 Å². The maximum absolute atomic E-state index is 8.70. The van der Waals surface area contributed by atoms with Gasteiger partial charge in [0, 0.05) is 25.4 Å². The first-order valence-electron chi connectivity index (χ1n) is 4.50. The van der Waals surface area contributed by atoms with Gasteiger partial charge in [0.15, 0.2) is 0 Å². The number of benzene rings is 1. The van der Waals surface area contributed by atoms with Crippen LogP contribution >= 0.6 is 0 Å². The second-order valence-electron chi connectivity index (χ2n) is 2.89. The summed E-state index contributed by atoms with van der Waals surface area (Å²) in [5.41, 5.74) is 7.59. The topological polar surface area (TPSA) is 58.3 Å². The lowest BCUT2D eigenvalue weighted by Crippen LogP contribution is -2.12. The summed E-state index contributed by atoms with van der Waals surface area (Å²) in [5, 5.41) is 11.9. The number of nitrogens with two attached hydrogens (primary N) is 1. The molecule has 0 spiro atoms. The summed E-state index contributed by atoms with van der Waals surface area (Å²) >= 11 is 0. The highest BCUT2D eigenvalue weighted by Crippen LogP contribution is 2.09. The fourth-order valence-corrected chi connectivity index (χ4v) is 1.13. The Morgan fingerprint density at radius 1 is 1.23 bits per heavy atom. The first-order chi connectivity index (χ1) is 6.36. The van der Waals surface area contributed by atoms with Gasteiger partial charge >= 0.3 is 0 Å². The molecule has 0 saturated heterocycles. The number of anilines is 1. The van der Waals surface area contributed by atoms with Crippen LogP contribution in [-0.4, -0.2) is 24.8 Å². The van der Waals surface area contributed by atoms with E-state index in [2.05, 4.69) is 5.32 Å². The summed E-state index contributed by atoms with van der Waals surface area (Å²) in [6.07, 6.45) is 0.719. The van der Waals surface area contributed by atoms with Crippen LogP contribution in [0.3, 0.4) is 0 Å². The van der Waals surface area contributed by atoms with Crippen LogP contribution in [-0.2, 0) is 6.42 Å². The van der Waals surface area contributed by atoms with E-state index in [1.54, 1.807) is 0 Å².